The number of nitrogens with one attached hydrogen (secondary N) is 2. The Morgan fingerprint density at radius 2 is 1.87 bits per heavy atom. The Morgan fingerprint density at radius 1 is 1.13 bits per heavy atom. The second-order valence-electron chi connectivity index (χ2n) is 10.8. The number of para-hydroxylation sites is 1. The van der Waals surface area contributed by atoms with Gasteiger partial charge in [0.25, 0.3) is 0 Å². The van der Waals surface area contributed by atoms with Gasteiger partial charge in [-0.3, -0.25) is 14.4 Å². The molecule has 1 spiro atoms. The minimum Gasteiger partial charge on any atom is -0.394 e. The maximum absolute atomic E-state index is 14.0. The summed E-state index contributed by atoms with van der Waals surface area (Å²) in [4.78, 5) is 43.1. The van der Waals surface area contributed by atoms with E-state index in [9.17, 15) is 19.5 Å². The van der Waals surface area contributed by atoms with Crippen LogP contribution < -0.4 is 10.6 Å². The Kier molecular flexibility index (Phi) is 6.58. The Hall–Kier alpha value is -3.44. The fourth-order valence-corrected chi connectivity index (χ4v) is 9.22. The molecule has 3 N–H and O–H groups in total. The summed E-state index contributed by atoms with van der Waals surface area (Å²) >= 11 is 1.61. The molecule has 7 atom stereocenters. The molecule has 3 aliphatic rings. The minimum absolute atomic E-state index is 0.0402. The summed E-state index contributed by atoms with van der Waals surface area (Å²) in [5.41, 5.74) is 2.49. The molecule has 10 nitrogen and oxygen atoms in total. The summed E-state index contributed by atoms with van der Waals surface area (Å²) < 4.78 is 0.857. The molecule has 1 aromatic heterocycles. The summed E-state index contributed by atoms with van der Waals surface area (Å²) in [6.45, 7) is 4.01. The van der Waals surface area contributed by atoms with E-state index in [1.807, 2.05) is 54.6 Å². The number of amides is 3. The number of aliphatic hydroxyl groups excluding tert-OH is 1. The summed E-state index contributed by atoms with van der Waals surface area (Å²) in [7, 11) is 0. The van der Waals surface area contributed by atoms with Crippen molar-refractivity contribution in [2.45, 2.75) is 55.6 Å². The van der Waals surface area contributed by atoms with Gasteiger partial charge in [-0.25, -0.2) is 4.68 Å². The zero-order chi connectivity index (χ0) is 27.3. The van der Waals surface area contributed by atoms with Gasteiger partial charge in [0.2, 0.25) is 17.7 Å². The SMILES string of the molecule is CC1C[C@@H]2SC13C(C(=O)NCn1nnc4ccccc41)N([C@H](C)CO)C(=O)[C@@H]3[C@@H]2C(=O)NCc1ccccc1. The molecule has 0 saturated carbocycles. The van der Waals surface area contributed by atoms with Crippen LogP contribution in [0.4, 0.5) is 0 Å². The maximum Gasteiger partial charge on any atom is 0.245 e. The van der Waals surface area contributed by atoms with Crippen molar-refractivity contribution in [3.63, 3.8) is 0 Å². The lowest BCUT2D eigenvalue weighted by Gasteiger charge is -2.39. The van der Waals surface area contributed by atoms with Crippen LogP contribution in [0, 0.1) is 17.8 Å². The number of aliphatic hydroxyl groups is 1. The summed E-state index contributed by atoms with van der Waals surface area (Å²) in [6, 6.07) is 15.8. The molecular formula is C28H32N6O4S. The fraction of sp³-hybridized carbons (Fsp3) is 0.464. The highest BCUT2D eigenvalue weighted by molar-refractivity contribution is 8.02. The van der Waals surface area contributed by atoms with Gasteiger partial charge in [-0.05, 0) is 37.0 Å². The molecule has 0 aliphatic carbocycles. The highest BCUT2D eigenvalue weighted by atomic mass is 32.2. The smallest absolute Gasteiger partial charge is 0.245 e. The third kappa shape index (κ3) is 4.01. The molecule has 2 aromatic carbocycles. The number of likely N-dealkylation sites (tertiary alicyclic amines) is 1. The lowest BCUT2D eigenvalue weighted by molar-refractivity contribution is -0.142. The van der Waals surface area contributed by atoms with Gasteiger partial charge in [-0.2, -0.15) is 0 Å². The highest BCUT2D eigenvalue weighted by Gasteiger charge is 2.76. The Balaban J connectivity index is 1.28. The van der Waals surface area contributed by atoms with Crippen LogP contribution in [0.2, 0.25) is 0 Å². The monoisotopic (exact) mass is 548 g/mol. The number of thioether (sulfide) groups is 1. The predicted molar refractivity (Wildman–Crippen MR) is 146 cm³/mol. The zero-order valence-corrected chi connectivity index (χ0v) is 22.7. The van der Waals surface area contributed by atoms with Crippen LogP contribution in [0.3, 0.4) is 0 Å². The van der Waals surface area contributed by atoms with E-state index in [1.54, 1.807) is 23.4 Å². The molecule has 3 aliphatic heterocycles. The number of fused-ring (bicyclic) bond motifs is 2. The van der Waals surface area contributed by atoms with Crippen molar-refractivity contribution in [2.24, 2.45) is 17.8 Å². The molecular weight excluding hydrogens is 516 g/mol. The normalized spacial score (nSPS) is 30.0. The molecule has 3 unspecified atom stereocenters. The fourth-order valence-electron chi connectivity index (χ4n) is 6.81. The van der Waals surface area contributed by atoms with E-state index >= 15 is 0 Å². The number of aromatic nitrogens is 3. The topological polar surface area (TPSA) is 129 Å². The van der Waals surface area contributed by atoms with E-state index in [0.29, 0.717) is 6.54 Å². The maximum atomic E-state index is 14.0. The number of carbonyl (C=O) groups is 3. The molecule has 3 fully saturated rings. The molecule has 3 amide bonds. The van der Waals surface area contributed by atoms with Crippen LogP contribution in [-0.2, 0) is 27.6 Å². The largest absolute Gasteiger partial charge is 0.394 e. The van der Waals surface area contributed by atoms with Gasteiger partial charge in [-0.15, -0.1) is 16.9 Å². The summed E-state index contributed by atoms with van der Waals surface area (Å²) in [5.74, 6) is -1.83. The van der Waals surface area contributed by atoms with Crippen LogP contribution in [-0.4, -0.2) is 71.4 Å². The molecule has 11 heteroatoms. The van der Waals surface area contributed by atoms with Gasteiger partial charge in [0.1, 0.15) is 18.2 Å². The molecule has 204 valence electrons. The van der Waals surface area contributed by atoms with E-state index in [2.05, 4.69) is 27.9 Å². The lowest BCUT2D eigenvalue weighted by atomic mass is 9.66. The van der Waals surface area contributed by atoms with Crippen molar-refractivity contribution in [1.82, 2.24) is 30.5 Å². The van der Waals surface area contributed by atoms with Crippen molar-refractivity contribution in [2.75, 3.05) is 6.61 Å². The minimum atomic E-state index is -0.816. The Labute approximate surface area is 230 Å². The van der Waals surface area contributed by atoms with Gasteiger partial charge < -0.3 is 20.6 Å². The average Bonchev–Trinajstić information content (AvgIpc) is 3.67. The van der Waals surface area contributed by atoms with Crippen molar-refractivity contribution in [3.05, 3.63) is 60.2 Å². The van der Waals surface area contributed by atoms with Crippen molar-refractivity contribution >= 4 is 40.5 Å². The van der Waals surface area contributed by atoms with Gasteiger partial charge in [0, 0.05) is 11.8 Å². The predicted octanol–water partition coefficient (Wildman–Crippen LogP) is 1.54. The van der Waals surface area contributed by atoms with Gasteiger partial charge >= 0.3 is 0 Å². The quantitative estimate of drug-likeness (QED) is 0.389. The van der Waals surface area contributed by atoms with Gasteiger partial charge in [0.05, 0.1) is 34.7 Å². The molecule has 39 heavy (non-hydrogen) atoms. The Morgan fingerprint density at radius 3 is 2.64 bits per heavy atom. The number of hydrogen-bond donors (Lipinski definition) is 3. The molecule has 6 rings (SSSR count). The lowest BCUT2D eigenvalue weighted by Crippen LogP contribution is -2.58. The molecule has 4 heterocycles. The van der Waals surface area contributed by atoms with Gasteiger partial charge in [-0.1, -0.05) is 54.6 Å². The second kappa shape index (κ2) is 9.95. The first kappa shape index (κ1) is 25.8. The highest BCUT2D eigenvalue weighted by Crippen LogP contribution is 2.68. The third-order valence-electron chi connectivity index (χ3n) is 8.61. The van der Waals surface area contributed by atoms with Crippen LogP contribution in [0.15, 0.2) is 54.6 Å². The van der Waals surface area contributed by atoms with Gasteiger partial charge in [0.15, 0.2) is 0 Å². The van der Waals surface area contributed by atoms with Crippen molar-refractivity contribution < 1.29 is 19.5 Å². The van der Waals surface area contributed by atoms with E-state index in [4.69, 9.17) is 0 Å². The van der Waals surface area contributed by atoms with Crippen molar-refractivity contribution in [3.8, 4) is 0 Å². The average molecular weight is 549 g/mol. The van der Waals surface area contributed by atoms with Crippen LogP contribution >= 0.6 is 11.8 Å². The summed E-state index contributed by atoms with van der Waals surface area (Å²) in [5, 5.41) is 24.3. The molecule has 2 bridgehead atoms. The third-order valence-corrected chi connectivity index (χ3v) is 10.7. The number of rotatable bonds is 8. The first-order valence-electron chi connectivity index (χ1n) is 13.3. The zero-order valence-electron chi connectivity index (χ0n) is 21.9. The van der Waals surface area contributed by atoms with E-state index in [-0.39, 0.29) is 42.2 Å². The number of benzene rings is 2. The standard InChI is InChI=1S/C28H32N6O4S/c1-16-12-21-22(25(36)29-13-18-8-4-3-5-9-18)23-27(38)34(17(2)14-35)24(28(16,23)39-21)26(37)30-15-33-20-11-7-6-10-19(20)31-32-33/h3-11,16-17,21-24,35H,12-15H2,1-2H3,(H,29,36)(H,30,37)/t16?,17-,21+,22-,23+,24?,28?/m1/s1. The molecule has 3 aromatic rings. The van der Waals surface area contributed by atoms with E-state index < -0.39 is 28.7 Å². The van der Waals surface area contributed by atoms with Crippen LogP contribution in [0.25, 0.3) is 11.0 Å². The first-order chi connectivity index (χ1) is 18.9. The number of nitrogens with zero attached hydrogens (tertiary/aromatic N) is 4. The van der Waals surface area contributed by atoms with E-state index in [1.165, 1.54) is 4.90 Å². The first-order valence-corrected chi connectivity index (χ1v) is 14.2. The second-order valence-corrected chi connectivity index (χ2v) is 12.4. The number of carbonyl (C=O) groups excluding carboxylic acids is 3. The van der Waals surface area contributed by atoms with E-state index in [0.717, 1.165) is 23.0 Å². The summed E-state index contributed by atoms with van der Waals surface area (Å²) in [6.07, 6.45) is 0.747. The number of hydrogen-bond acceptors (Lipinski definition) is 7. The van der Waals surface area contributed by atoms with Crippen molar-refractivity contribution in [1.29, 1.82) is 0 Å². The van der Waals surface area contributed by atoms with Crippen LogP contribution in [0.1, 0.15) is 25.8 Å². The van der Waals surface area contributed by atoms with Crippen LogP contribution in [0.5, 0.6) is 0 Å². The molecule has 3 saturated heterocycles. The Bertz CT molecular complexity index is 1420. The molecule has 0 radical (unpaired) electrons.